The fourth-order valence-corrected chi connectivity index (χ4v) is 3.49. The Balaban J connectivity index is 1.99. The van der Waals surface area contributed by atoms with Crippen LogP contribution in [0.15, 0.2) is 30.0 Å². The highest BCUT2D eigenvalue weighted by atomic mass is 16.5. The van der Waals surface area contributed by atoms with Gasteiger partial charge in [0, 0.05) is 19.6 Å². The Labute approximate surface area is 149 Å². The molecule has 0 N–H and O–H groups in total. The quantitative estimate of drug-likeness (QED) is 0.772. The first kappa shape index (κ1) is 17.5. The van der Waals surface area contributed by atoms with Crippen molar-refractivity contribution in [2.45, 2.75) is 46.1 Å². The monoisotopic (exact) mass is 342 g/mol. The molecule has 1 saturated heterocycles. The van der Waals surface area contributed by atoms with Gasteiger partial charge in [-0.15, -0.1) is 0 Å². The summed E-state index contributed by atoms with van der Waals surface area (Å²) in [5.41, 5.74) is 1.89. The number of benzene rings is 1. The molecule has 5 nitrogen and oxygen atoms in total. The van der Waals surface area contributed by atoms with Crippen LogP contribution in [0, 0.1) is 0 Å². The number of carbonyl (C=O) groups is 2. The van der Waals surface area contributed by atoms with Crippen molar-refractivity contribution in [2.75, 3.05) is 19.6 Å². The lowest BCUT2D eigenvalue weighted by Gasteiger charge is -2.29. The maximum absolute atomic E-state index is 12.9. The molecule has 5 heteroatoms. The van der Waals surface area contributed by atoms with Gasteiger partial charge in [-0.05, 0) is 57.7 Å². The maximum atomic E-state index is 12.9. The molecule has 2 heterocycles. The number of imide groups is 1. The summed E-state index contributed by atoms with van der Waals surface area (Å²) in [6.45, 7) is 7.86. The van der Waals surface area contributed by atoms with Crippen molar-refractivity contribution < 1.29 is 14.3 Å². The molecule has 2 amide bonds. The SMILES string of the molecule is CCN1C(=O)C(c2ccc(OC(C)C)cc2)=C(N2CCCCC2)C1=O. The zero-order valence-electron chi connectivity index (χ0n) is 15.2. The number of hydrogen-bond acceptors (Lipinski definition) is 4. The van der Waals surface area contributed by atoms with Crippen molar-refractivity contribution in [1.29, 1.82) is 0 Å². The number of likely N-dealkylation sites (N-methyl/N-ethyl adjacent to an activating group) is 1. The second-order valence-electron chi connectivity index (χ2n) is 6.82. The molecule has 1 aromatic carbocycles. The van der Waals surface area contributed by atoms with E-state index in [1.54, 1.807) is 0 Å². The van der Waals surface area contributed by atoms with E-state index in [1.165, 1.54) is 11.3 Å². The predicted molar refractivity (Wildman–Crippen MR) is 96.9 cm³/mol. The van der Waals surface area contributed by atoms with Crippen LogP contribution in [0.25, 0.3) is 5.57 Å². The van der Waals surface area contributed by atoms with Crippen LogP contribution < -0.4 is 4.74 Å². The number of ether oxygens (including phenoxy) is 1. The van der Waals surface area contributed by atoms with E-state index < -0.39 is 0 Å². The highest BCUT2D eigenvalue weighted by Gasteiger charge is 2.40. The van der Waals surface area contributed by atoms with E-state index in [-0.39, 0.29) is 17.9 Å². The minimum Gasteiger partial charge on any atom is -0.491 e. The molecule has 0 bridgehead atoms. The van der Waals surface area contributed by atoms with Gasteiger partial charge in [-0.25, -0.2) is 0 Å². The topological polar surface area (TPSA) is 49.9 Å². The summed E-state index contributed by atoms with van der Waals surface area (Å²) < 4.78 is 5.68. The summed E-state index contributed by atoms with van der Waals surface area (Å²) in [6.07, 6.45) is 3.40. The highest BCUT2D eigenvalue weighted by molar-refractivity contribution is 6.35. The summed E-state index contributed by atoms with van der Waals surface area (Å²) >= 11 is 0. The number of nitrogens with zero attached hydrogens (tertiary/aromatic N) is 2. The van der Waals surface area contributed by atoms with Crippen LogP contribution in [0.3, 0.4) is 0 Å². The van der Waals surface area contributed by atoms with Crippen molar-refractivity contribution in [3.63, 3.8) is 0 Å². The van der Waals surface area contributed by atoms with Crippen LogP contribution in [0.1, 0.15) is 45.6 Å². The molecule has 1 fully saturated rings. The van der Waals surface area contributed by atoms with Gasteiger partial charge in [0.25, 0.3) is 11.8 Å². The molecule has 0 spiro atoms. The fourth-order valence-electron chi connectivity index (χ4n) is 3.49. The maximum Gasteiger partial charge on any atom is 0.277 e. The van der Waals surface area contributed by atoms with E-state index >= 15 is 0 Å². The molecule has 0 unspecified atom stereocenters. The highest BCUT2D eigenvalue weighted by Crippen LogP contribution is 2.33. The minimum atomic E-state index is -0.189. The van der Waals surface area contributed by atoms with Crippen LogP contribution in [0.5, 0.6) is 5.75 Å². The zero-order chi connectivity index (χ0) is 18.0. The van der Waals surface area contributed by atoms with Gasteiger partial charge < -0.3 is 9.64 Å². The third-order valence-electron chi connectivity index (χ3n) is 4.65. The Bertz CT molecular complexity index is 685. The van der Waals surface area contributed by atoms with Crippen molar-refractivity contribution in [3.05, 3.63) is 35.5 Å². The van der Waals surface area contributed by atoms with E-state index in [2.05, 4.69) is 4.90 Å². The standard InChI is InChI=1S/C20H26N2O3/c1-4-22-19(23)17(15-8-10-16(11-9-15)25-14(2)3)18(20(22)24)21-12-6-5-7-13-21/h8-11,14H,4-7,12-13H2,1-3H3. The first-order chi connectivity index (χ1) is 12.0. The molecule has 2 aliphatic rings. The third kappa shape index (κ3) is 3.41. The lowest BCUT2D eigenvalue weighted by atomic mass is 10.0. The second-order valence-corrected chi connectivity index (χ2v) is 6.82. The summed E-state index contributed by atoms with van der Waals surface area (Å²) in [5.74, 6) is 0.417. The molecule has 0 saturated carbocycles. The number of carbonyl (C=O) groups excluding carboxylic acids is 2. The normalized spacial score (nSPS) is 18.6. The number of amides is 2. The molecule has 0 aliphatic carbocycles. The van der Waals surface area contributed by atoms with E-state index in [0.29, 0.717) is 17.8 Å². The molecule has 25 heavy (non-hydrogen) atoms. The number of likely N-dealkylation sites (tertiary alicyclic amines) is 1. The van der Waals surface area contributed by atoms with Crippen LogP contribution >= 0.6 is 0 Å². The molecule has 1 aromatic rings. The fraction of sp³-hybridized carbons (Fsp3) is 0.500. The zero-order valence-corrected chi connectivity index (χ0v) is 15.2. The minimum absolute atomic E-state index is 0.0965. The lowest BCUT2D eigenvalue weighted by molar-refractivity contribution is -0.137. The van der Waals surface area contributed by atoms with E-state index in [1.807, 2.05) is 45.0 Å². The first-order valence-electron chi connectivity index (χ1n) is 9.15. The van der Waals surface area contributed by atoms with Crippen molar-refractivity contribution in [3.8, 4) is 5.75 Å². The third-order valence-corrected chi connectivity index (χ3v) is 4.65. The Morgan fingerprint density at radius 2 is 1.64 bits per heavy atom. The summed E-state index contributed by atoms with van der Waals surface area (Å²) in [6, 6.07) is 7.48. The largest absolute Gasteiger partial charge is 0.491 e. The van der Waals surface area contributed by atoms with Crippen LogP contribution in [0.4, 0.5) is 0 Å². The smallest absolute Gasteiger partial charge is 0.277 e. The van der Waals surface area contributed by atoms with Crippen molar-refractivity contribution in [1.82, 2.24) is 9.80 Å². The summed E-state index contributed by atoms with van der Waals surface area (Å²) in [5, 5.41) is 0. The first-order valence-corrected chi connectivity index (χ1v) is 9.15. The van der Waals surface area contributed by atoms with E-state index in [9.17, 15) is 9.59 Å². The van der Waals surface area contributed by atoms with Gasteiger partial charge in [0.15, 0.2) is 0 Å². The van der Waals surface area contributed by atoms with Crippen LogP contribution in [-0.2, 0) is 9.59 Å². The molecule has 0 radical (unpaired) electrons. The molecule has 0 atom stereocenters. The Kier molecular flexibility index (Phi) is 5.11. The van der Waals surface area contributed by atoms with Gasteiger partial charge in [-0.2, -0.15) is 0 Å². The molecule has 3 rings (SSSR count). The molecule has 134 valence electrons. The molecular weight excluding hydrogens is 316 g/mol. The molecule has 0 aromatic heterocycles. The molecular formula is C20H26N2O3. The summed E-state index contributed by atoms with van der Waals surface area (Å²) in [7, 11) is 0. The van der Waals surface area contributed by atoms with Gasteiger partial charge >= 0.3 is 0 Å². The number of rotatable bonds is 5. The lowest BCUT2D eigenvalue weighted by Crippen LogP contribution is -2.37. The number of piperidine rings is 1. The average Bonchev–Trinajstić information content (AvgIpc) is 2.86. The predicted octanol–water partition coefficient (Wildman–Crippen LogP) is 3.06. The van der Waals surface area contributed by atoms with Gasteiger partial charge in [0.05, 0.1) is 11.7 Å². The van der Waals surface area contributed by atoms with Gasteiger partial charge in [-0.1, -0.05) is 12.1 Å². The van der Waals surface area contributed by atoms with Gasteiger partial charge in [0.2, 0.25) is 0 Å². The van der Waals surface area contributed by atoms with Crippen molar-refractivity contribution in [2.24, 2.45) is 0 Å². The molecule has 2 aliphatic heterocycles. The summed E-state index contributed by atoms with van der Waals surface area (Å²) in [4.78, 5) is 29.1. The Morgan fingerprint density at radius 3 is 2.20 bits per heavy atom. The van der Waals surface area contributed by atoms with Crippen LogP contribution in [-0.4, -0.2) is 47.4 Å². The Morgan fingerprint density at radius 1 is 1.00 bits per heavy atom. The Hall–Kier alpha value is -2.30. The average molecular weight is 342 g/mol. The van der Waals surface area contributed by atoms with Crippen molar-refractivity contribution >= 4 is 17.4 Å². The van der Waals surface area contributed by atoms with E-state index in [0.717, 1.165) is 37.2 Å². The van der Waals surface area contributed by atoms with Gasteiger partial charge in [0.1, 0.15) is 11.4 Å². The van der Waals surface area contributed by atoms with Crippen LogP contribution in [0.2, 0.25) is 0 Å². The van der Waals surface area contributed by atoms with E-state index in [4.69, 9.17) is 4.74 Å². The number of hydrogen-bond donors (Lipinski definition) is 0. The van der Waals surface area contributed by atoms with Gasteiger partial charge in [-0.3, -0.25) is 14.5 Å². The second kappa shape index (κ2) is 7.30.